The zero-order valence-electron chi connectivity index (χ0n) is 5.82. The van der Waals surface area contributed by atoms with Gasteiger partial charge in [0.15, 0.2) is 5.78 Å². The molecule has 3 heteroatoms. The summed E-state index contributed by atoms with van der Waals surface area (Å²) >= 11 is 0. The molecule has 0 radical (unpaired) electrons. The highest BCUT2D eigenvalue weighted by atomic mass is 16.1. The highest BCUT2D eigenvalue weighted by molar-refractivity contribution is 5.73. The first kappa shape index (κ1) is 6.86. The van der Waals surface area contributed by atoms with E-state index in [4.69, 9.17) is 0 Å². The van der Waals surface area contributed by atoms with Crippen LogP contribution < -0.4 is 4.57 Å². The number of carbonyl (C=O) groups excluding carboxylic acids is 1. The first-order chi connectivity index (χ1) is 4.79. The van der Waals surface area contributed by atoms with Gasteiger partial charge >= 0.3 is 0 Å². The van der Waals surface area contributed by atoms with Gasteiger partial charge in [-0.3, -0.25) is 4.79 Å². The van der Waals surface area contributed by atoms with Gasteiger partial charge in [0.05, 0.1) is 6.20 Å². The quantitative estimate of drug-likeness (QED) is 0.536. The highest BCUT2D eigenvalue weighted by Gasteiger charge is 1.97. The third-order valence-electron chi connectivity index (χ3n) is 1.07. The van der Waals surface area contributed by atoms with Gasteiger partial charge in [-0.1, -0.05) is 4.98 Å². The second kappa shape index (κ2) is 3.06. The number of aromatic nitrogens is 2. The van der Waals surface area contributed by atoms with Gasteiger partial charge in [-0.15, -0.1) is 0 Å². The van der Waals surface area contributed by atoms with Crippen molar-refractivity contribution in [2.45, 2.75) is 13.5 Å². The van der Waals surface area contributed by atoms with Gasteiger partial charge in [0.25, 0.3) is 6.33 Å². The van der Waals surface area contributed by atoms with E-state index in [2.05, 4.69) is 4.98 Å². The van der Waals surface area contributed by atoms with Gasteiger partial charge in [-0.2, -0.15) is 0 Å². The summed E-state index contributed by atoms with van der Waals surface area (Å²) < 4.78 is 1.74. The molecule has 0 spiro atoms. The van der Waals surface area contributed by atoms with Crippen LogP contribution in [0.15, 0.2) is 24.8 Å². The average molecular weight is 137 g/mol. The standard InChI is InChI=1S/C7H9N2O/c1-7(10)5-9-4-2-3-8-6-9/h2-4,6H,5H2,1H3/q+1. The summed E-state index contributed by atoms with van der Waals surface area (Å²) in [6.45, 7) is 1.97. The molecule has 0 unspecified atom stereocenters. The average Bonchev–Trinajstić information content (AvgIpc) is 1.88. The summed E-state index contributed by atoms with van der Waals surface area (Å²) in [5.74, 6) is 0.137. The lowest BCUT2D eigenvalue weighted by molar-refractivity contribution is -0.687. The molecule has 0 aliphatic carbocycles. The SMILES string of the molecule is CC(=O)C[n+]1cccnc1. The van der Waals surface area contributed by atoms with Crippen molar-refractivity contribution < 1.29 is 9.36 Å². The van der Waals surface area contributed by atoms with Crippen LogP contribution in [0.1, 0.15) is 6.92 Å². The number of ketones is 1. The molecule has 1 rings (SSSR count). The monoisotopic (exact) mass is 137 g/mol. The van der Waals surface area contributed by atoms with Crippen LogP contribution in [0.5, 0.6) is 0 Å². The van der Waals surface area contributed by atoms with Crippen molar-refractivity contribution in [3.05, 3.63) is 24.8 Å². The van der Waals surface area contributed by atoms with Gasteiger partial charge < -0.3 is 0 Å². The molecular weight excluding hydrogens is 128 g/mol. The van der Waals surface area contributed by atoms with Crippen molar-refractivity contribution in [1.82, 2.24) is 4.98 Å². The Morgan fingerprint density at radius 1 is 1.70 bits per heavy atom. The van der Waals surface area contributed by atoms with Crippen LogP contribution in [0.4, 0.5) is 0 Å². The number of nitrogens with zero attached hydrogens (tertiary/aromatic N) is 2. The fourth-order valence-corrected chi connectivity index (χ4v) is 0.712. The van der Waals surface area contributed by atoms with E-state index < -0.39 is 0 Å². The first-order valence-electron chi connectivity index (χ1n) is 3.07. The molecule has 10 heavy (non-hydrogen) atoms. The smallest absolute Gasteiger partial charge is 0.286 e. The summed E-state index contributed by atoms with van der Waals surface area (Å²) in [5, 5.41) is 0. The number of hydrogen-bond donors (Lipinski definition) is 0. The Bertz CT molecular complexity index is 220. The largest absolute Gasteiger partial charge is 0.296 e. The van der Waals surface area contributed by atoms with E-state index >= 15 is 0 Å². The summed E-state index contributed by atoms with van der Waals surface area (Å²) in [4.78, 5) is 14.4. The first-order valence-corrected chi connectivity index (χ1v) is 3.07. The van der Waals surface area contributed by atoms with Crippen LogP contribution in [-0.2, 0) is 11.3 Å². The number of rotatable bonds is 2. The molecular formula is C7H9N2O+. The lowest BCUT2D eigenvalue weighted by atomic mass is 10.4. The number of carbonyl (C=O) groups is 1. The maximum atomic E-state index is 10.6. The van der Waals surface area contributed by atoms with E-state index in [1.165, 1.54) is 0 Å². The third kappa shape index (κ3) is 1.93. The van der Waals surface area contributed by atoms with Crippen molar-refractivity contribution in [3.8, 4) is 0 Å². The van der Waals surface area contributed by atoms with Crippen molar-refractivity contribution in [2.24, 2.45) is 0 Å². The summed E-state index contributed by atoms with van der Waals surface area (Å²) in [7, 11) is 0. The Morgan fingerprint density at radius 2 is 2.50 bits per heavy atom. The molecule has 0 aromatic carbocycles. The van der Waals surface area contributed by atoms with Crippen LogP contribution >= 0.6 is 0 Å². The Kier molecular flexibility index (Phi) is 2.10. The van der Waals surface area contributed by atoms with E-state index in [1.54, 1.807) is 30.1 Å². The van der Waals surface area contributed by atoms with Crippen LogP contribution in [0, 0.1) is 0 Å². The summed E-state index contributed by atoms with van der Waals surface area (Å²) in [6.07, 6.45) is 5.12. The van der Waals surface area contributed by atoms with Crippen molar-refractivity contribution in [3.63, 3.8) is 0 Å². The molecule has 52 valence electrons. The van der Waals surface area contributed by atoms with E-state index in [9.17, 15) is 4.79 Å². The van der Waals surface area contributed by atoms with Crippen LogP contribution in [0.3, 0.4) is 0 Å². The van der Waals surface area contributed by atoms with E-state index in [0.717, 1.165) is 0 Å². The maximum absolute atomic E-state index is 10.6. The fourth-order valence-electron chi connectivity index (χ4n) is 0.712. The summed E-state index contributed by atoms with van der Waals surface area (Å²) in [6, 6.07) is 1.79. The molecule has 0 aliphatic heterocycles. The van der Waals surface area contributed by atoms with E-state index in [-0.39, 0.29) is 5.78 Å². The second-order valence-corrected chi connectivity index (χ2v) is 2.13. The molecule has 0 saturated heterocycles. The topological polar surface area (TPSA) is 33.8 Å². The van der Waals surface area contributed by atoms with Gasteiger partial charge in [0.1, 0.15) is 12.7 Å². The predicted octanol–water partition coefficient (Wildman–Crippen LogP) is -0.0419. The molecule has 0 bridgehead atoms. The Labute approximate surface area is 59.3 Å². The van der Waals surface area contributed by atoms with Crippen molar-refractivity contribution >= 4 is 5.78 Å². The molecule has 0 atom stereocenters. The minimum Gasteiger partial charge on any atom is -0.296 e. The molecule has 3 nitrogen and oxygen atoms in total. The fraction of sp³-hybridized carbons (Fsp3) is 0.286. The second-order valence-electron chi connectivity index (χ2n) is 2.13. The zero-order chi connectivity index (χ0) is 7.40. The van der Waals surface area contributed by atoms with Gasteiger partial charge in [-0.25, -0.2) is 4.57 Å². The van der Waals surface area contributed by atoms with Gasteiger partial charge in [0.2, 0.25) is 0 Å². The minimum atomic E-state index is 0.137. The predicted molar refractivity (Wildman–Crippen MR) is 35.1 cm³/mol. The molecule has 0 N–H and O–H groups in total. The molecule has 0 fully saturated rings. The molecule has 1 aromatic heterocycles. The Morgan fingerprint density at radius 3 is 3.00 bits per heavy atom. The molecule has 0 amide bonds. The van der Waals surface area contributed by atoms with Gasteiger partial charge in [0, 0.05) is 6.07 Å². The van der Waals surface area contributed by atoms with Crippen LogP contribution in [0.25, 0.3) is 0 Å². The molecule has 0 aliphatic rings. The molecule has 0 saturated carbocycles. The van der Waals surface area contributed by atoms with Crippen LogP contribution in [-0.4, -0.2) is 10.8 Å². The maximum Gasteiger partial charge on any atom is 0.286 e. The van der Waals surface area contributed by atoms with Crippen molar-refractivity contribution in [2.75, 3.05) is 0 Å². The lowest BCUT2D eigenvalue weighted by Gasteiger charge is -1.90. The molecule has 1 aromatic rings. The Balaban J connectivity index is 2.67. The minimum absolute atomic E-state index is 0.137. The lowest BCUT2D eigenvalue weighted by Crippen LogP contribution is -2.36. The molecule has 1 heterocycles. The van der Waals surface area contributed by atoms with E-state index in [0.29, 0.717) is 6.54 Å². The van der Waals surface area contributed by atoms with Gasteiger partial charge in [-0.05, 0) is 6.92 Å². The number of Topliss-reactive ketones (excluding diaryl/α,β-unsaturated/α-hetero) is 1. The highest BCUT2D eigenvalue weighted by Crippen LogP contribution is 1.72. The van der Waals surface area contributed by atoms with Crippen molar-refractivity contribution in [1.29, 1.82) is 0 Å². The number of hydrogen-bond acceptors (Lipinski definition) is 2. The van der Waals surface area contributed by atoms with E-state index in [1.807, 2.05) is 6.20 Å². The Hall–Kier alpha value is -1.25. The van der Waals surface area contributed by atoms with Crippen LogP contribution in [0.2, 0.25) is 0 Å². The third-order valence-corrected chi connectivity index (χ3v) is 1.07. The normalized spacial score (nSPS) is 9.30. The zero-order valence-corrected chi connectivity index (χ0v) is 5.82. The summed E-state index contributed by atoms with van der Waals surface area (Å²) in [5.41, 5.74) is 0.